The number of nitrogens with zero attached hydrogens (tertiary/aromatic N) is 2. The molecular weight excluding hydrogens is 322 g/mol. The number of carbonyl (C=O) groups is 1. The van der Waals surface area contributed by atoms with Crippen LogP contribution in [0.1, 0.15) is 12.0 Å². The van der Waals surface area contributed by atoms with Gasteiger partial charge in [-0.1, -0.05) is 18.2 Å². The number of carbonyl (C=O) groups excluding carboxylic acids is 1. The van der Waals surface area contributed by atoms with E-state index >= 15 is 0 Å². The molecule has 0 bridgehead atoms. The third kappa shape index (κ3) is 6.55. The van der Waals surface area contributed by atoms with Gasteiger partial charge in [0, 0.05) is 17.1 Å². The first-order chi connectivity index (χ1) is 11.8. The van der Waals surface area contributed by atoms with Crippen molar-refractivity contribution in [3.05, 3.63) is 60.2 Å². The van der Waals surface area contributed by atoms with Crippen LogP contribution in [0.4, 0.5) is 0 Å². The van der Waals surface area contributed by atoms with E-state index in [1.54, 1.807) is 42.2 Å². The van der Waals surface area contributed by atoms with Gasteiger partial charge in [-0.15, -0.1) is 11.8 Å². The van der Waals surface area contributed by atoms with E-state index in [-0.39, 0.29) is 12.5 Å². The largest absolute Gasteiger partial charge is 0.479 e. The summed E-state index contributed by atoms with van der Waals surface area (Å²) in [5.41, 5.74) is 3.34. The van der Waals surface area contributed by atoms with Crippen LogP contribution in [0.2, 0.25) is 0 Å². The fourth-order valence-corrected chi connectivity index (χ4v) is 2.65. The van der Waals surface area contributed by atoms with Crippen molar-refractivity contribution in [1.29, 1.82) is 5.26 Å². The predicted octanol–water partition coefficient (Wildman–Crippen LogP) is 3.22. The minimum absolute atomic E-state index is 0.0183. The molecule has 0 aliphatic heterocycles. The van der Waals surface area contributed by atoms with E-state index in [2.05, 4.69) is 10.5 Å². The fourth-order valence-electron chi connectivity index (χ4n) is 1.78. The molecule has 2 aromatic rings. The molecule has 0 aromatic heterocycles. The Hall–Kier alpha value is -2.78. The van der Waals surface area contributed by atoms with Gasteiger partial charge in [-0.05, 0) is 42.0 Å². The van der Waals surface area contributed by atoms with Crippen molar-refractivity contribution in [3.63, 3.8) is 0 Å². The van der Waals surface area contributed by atoms with E-state index in [1.165, 1.54) is 0 Å². The highest BCUT2D eigenvalue weighted by molar-refractivity contribution is 7.99. The number of ether oxygens (including phenoxy) is 1. The molecule has 2 aromatic carbocycles. The van der Waals surface area contributed by atoms with Crippen molar-refractivity contribution in [2.45, 2.75) is 11.3 Å². The number of nitrogens with one attached hydrogen (secondary N) is 1. The molecule has 6 heteroatoms. The molecule has 0 heterocycles. The van der Waals surface area contributed by atoms with E-state index in [4.69, 9.17) is 10.00 Å². The Labute approximate surface area is 145 Å². The zero-order chi connectivity index (χ0) is 17.0. The minimum Gasteiger partial charge on any atom is -0.479 e. The smallest absolute Gasteiger partial charge is 0.240 e. The van der Waals surface area contributed by atoms with E-state index in [0.29, 0.717) is 17.9 Å². The van der Waals surface area contributed by atoms with Crippen molar-refractivity contribution in [2.75, 3.05) is 12.4 Å². The van der Waals surface area contributed by atoms with Gasteiger partial charge in [0.1, 0.15) is 11.8 Å². The lowest BCUT2D eigenvalue weighted by molar-refractivity contribution is -0.120. The second-order valence-electron chi connectivity index (χ2n) is 4.72. The number of benzene rings is 2. The molecule has 0 aliphatic carbocycles. The summed E-state index contributed by atoms with van der Waals surface area (Å²) in [6, 6.07) is 19.0. The monoisotopic (exact) mass is 339 g/mol. The number of thioether (sulfide) groups is 1. The molecule has 0 aliphatic rings. The SMILES string of the molecule is N#CCOc1ccc(/C=N\NC(=O)CCSc2ccccc2)cc1. The van der Waals surface area contributed by atoms with Gasteiger partial charge in [0.15, 0.2) is 6.61 Å². The van der Waals surface area contributed by atoms with Gasteiger partial charge in [-0.25, -0.2) is 5.43 Å². The lowest BCUT2D eigenvalue weighted by atomic mass is 10.2. The first-order valence-electron chi connectivity index (χ1n) is 7.37. The molecule has 122 valence electrons. The highest BCUT2D eigenvalue weighted by Crippen LogP contribution is 2.17. The molecule has 1 amide bonds. The van der Waals surface area contributed by atoms with Crippen LogP contribution in [-0.4, -0.2) is 24.5 Å². The number of nitriles is 1. The van der Waals surface area contributed by atoms with E-state index in [1.807, 2.05) is 36.4 Å². The molecule has 0 atom stereocenters. The van der Waals surface area contributed by atoms with Crippen LogP contribution in [0.15, 0.2) is 64.6 Å². The summed E-state index contributed by atoms with van der Waals surface area (Å²) in [5, 5.41) is 12.4. The quantitative estimate of drug-likeness (QED) is 0.455. The van der Waals surface area contributed by atoms with Gasteiger partial charge in [-0.2, -0.15) is 10.4 Å². The Morgan fingerprint density at radius 3 is 2.67 bits per heavy atom. The van der Waals surface area contributed by atoms with Crippen LogP contribution in [0.3, 0.4) is 0 Å². The first kappa shape index (κ1) is 17.6. The summed E-state index contributed by atoms with van der Waals surface area (Å²) in [5.74, 6) is 1.20. The number of hydrogen-bond acceptors (Lipinski definition) is 5. The van der Waals surface area contributed by atoms with Crippen LogP contribution in [0.5, 0.6) is 5.75 Å². The lowest BCUT2D eigenvalue weighted by Crippen LogP contribution is -2.17. The molecule has 0 fully saturated rings. The Balaban J connectivity index is 1.69. The third-order valence-electron chi connectivity index (χ3n) is 2.93. The molecule has 0 radical (unpaired) electrons. The van der Waals surface area contributed by atoms with Crippen molar-refractivity contribution in [2.24, 2.45) is 5.10 Å². The lowest BCUT2D eigenvalue weighted by Gasteiger charge is -2.02. The second-order valence-corrected chi connectivity index (χ2v) is 5.89. The minimum atomic E-state index is -0.122. The van der Waals surface area contributed by atoms with Crippen LogP contribution in [0, 0.1) is 11.3 Å². The number of hydrogen-bond donors (Lipinski definition) is 1. The van der Waals surface area contributed by atoms with Gasteiger partial charge >= 0.3 is 0 Å². The summed E-state index contributed by atoms with van der Waals surface area (Å²) < 4.78 is 5.16. The van der Waals surface area contributed by atoms with Gasteiger partial charge in [0.25, 0.3) is 0 Å². The number of amides is 1. The molecule has 1 N–H and O–H groups in total. The summed E-state index contributed by atoms with van der Waals surface area (Å²) in [6.07, 6.45) is 1.97. The molecule has 0 saturated carbocycles. The molecule has 0 saturated heterocycles. The molecule has 5 nitrogen and oxygen atoms in total. The Kier molecular flexibility index (Phi) is 7.38. The summed E-state index contributed by atoms with van der Waals surface area (Å²) >= 11 is 1.64. The topological polar surface area (TPSA) is 74.5 Å². The molecule has 0 spiro atoms. The van der Waals surface area contributed by atoms with Crippen LogP contribution < -0.4 is 10.2 Å². The van der Waals surface area contributed by atoms with Crippen molar-refractivity contribution < 1.29 is 9.53 Å². The normalized spacial score (nSPS) is 10.3. The van der Waals surface area contributed by atoms with Crippen LogP contribution >= 0.6 is 11.8 Å². The van der Waals surface area contributed by atoms with E-state index < -0.39 is 0 Å². The Bertz CT molecular complexity index is 709. The zero-order valence-electron chi connectivity index (χ0n) is 13.0. The molecular formula is C18H17N3O2S. The van der Waals surface area contributed by atoms with Gasteiger partial charge in [0.05, 0.1) is 6.21 Å². The standard InChI is InChI=1S/C18H17N3O2S/c19-11-12-23-16-8-6-15(7-9-16)14-20-21-18(22)10-13-24-17-4-2-1-3-5-17/h1-9,14H,10,12-13H2,(H,21,22)/b20-14-. The third-order valence-corrected chi connectivity index (χ3v) is 3.94. The fraction of sp³-hybridized carbons (Fsp3) is 0.167. The van der Waals surface area contributed by atoms with Gasteiger partial charge < -0.3 is 4.74 Å². The van der Waals surface area contributed by atoms with Crippen LogP contribution in [0.25, 0.3) is 0 Å². The second kappa shape index (κ2) is 10.1. The van der Waals surface area contributed by atoms with Crippen LogP contribution in [-0.2, 0) is 4.79 Å². The Morgan fingerprint density at radius 1 is 1.21 bits per heavy atom. The molecule has 24 heavy (non-hydrogen) atoms. The predicted molar refractivity (Wildman–Crippen MR) is 95.1 cm³/mol. The average molecular weight is 339 g/mol. The summed E-state index contributed by atoms with van der Waals surface area (Å²) in [4.78, 5) is 12.9. The average Bonchev–Trinajstić information content (AvgIpc) is 2.62. The maximum atomic E-state index is 11.7. The van der Waals surface area contributed by atoms with Crippen molar-refractivity contribution in [3.8, 4) is 11.8 Å². The molecule has 2 rings (SSSR count). The highest BCUT2D eigenvalue weighted by Gasteiger charge is 2.00. The van der Waals surface area contributed by atoms with Gasteiger partial charge in [0.2, 0.25) is 5.91 Å². The van der Waals surface area contributed by atoms with E-state index in [0.717, 1.165) is 10.5 Å². The zero-order valence-corrected chi connectivity index (χ0v) is 13.8. The highest BCUT2D eigenvalue weighted by atomic mass is 32.2. The maximum Gasteiger partial charge on any atom is 0.240 e. The summed E-state index contributed by atoms with van der Waals surface area (Å²) in [6.45, 7) is 0.0183. The summed E-state index contributed by atoms with van der Waals surface area (Å²) in [7, 11) is 0. The van der Waals surface area contributed by atoms with Crippen molar-refractivity contribution in [1.82, 2.24) is 5.43 Å². The Morgan fingerprint density at radius 2 is 1.96 bits per heavy atom. The van der Waals surface area contributed by atoms with Crippen molar-refractivity contribution >= 4 is 23.9 Å². The number of rotatable bonds is 8. The van der Waals surface area contributed by atoms with Gasteiger partial charge in [-0.3, -0.25) is 4.79 Å². The number of hydrazone groups is 1. The molecule has 0 unspecified atom stereocenters. The van der Waals surface area contributed by atoms with E-state index in [9.17, 15) is 4.79 Å². The maximum absolute atomic E-state index is 11.7. The first-order valence-corrected chi connectivity index (χ1v) is 8.36.